The Labute approximate surface area is 203 Å². The van der Waals surface area contributed by atoms with Gasteiger partial charge in [-0.2, -0.15) is 13.2 Å². The minimum atomic E-state index is -4.24. The number of halogens is 3. The molecular formula is C25H47F3N6. The summed E-state index contributed by atoms with van der Waals surface area (Å²) in [6.07, 6.45) is 0.291. The molecule has 6 nitrogen and oxygen atoms in total. The Balaban J connectivity index is 2.81. The molecule has 1 rings (SSSR count). The number of nitrogens with two attached hydrogens (primary N) is 5. The molecule has 0 aromatic heterocycles. The van der Waals surface area contributed by atoms with E-state index in [1.807, 2.05) is 13.8 Å². The smallest absolute Gasteiger partial charge is 0.326 e. The van der Waals surface area contributed by atoms with Crippen LogP contribution in [0, 0.1) is 0 Å². The highest BCUT2D eigenvalue weighted by atomic mass is 19.4. The monoisotopic (exact) mass is 488 g/mol. The maximum Gasteiger partial charge on any atom is 0.395 e. The van der Waals surface area contributed by atoms with Crippen molar-refractivity contribution in [2.45, 2.75) is 121 Å². The summed E-state index contributed by atoms with van der Waals surface area (Å²) in [7, 11) is 0. The first-order valence-corrected chi connectivity index (χ1v) is 12.6. The third kappa shape index (κ3) is 10.2. The van der Waals surface area contributed by atoms with Crippen LogP contribution in [0.2, 0.25) is 0 Å². The zero-order valence-corrected chi connectivity index (χ0v) is 21.0. The molecule has 0 saturated carbocycles. The van der Waals surface area contributed by atoms with E-state index in [2.05, 4.69) is 5.32 Å². The van der Waals surface area contributed by atoms with Gasteiger partial charge in [-0.15, -0.1) is 0 Å². The van der Waals surface area contributed by atoms with Gasteiger partial charge in [-0.3, -0.25) is 0 Å². The van der Waals surface area contributed by atoms with Gasteiger partial charge in [-0.1, -0.05) is 45.0 Å². The van der Waals surface area contributed by atoms with Crippen LogP contribution in [0.5, 0.6) is 0 Å². The van der Waals surface area contributed by atoms with E-state index in [9.17, 15) is 13.2 Å². The lowest BCUT2D eigenvalue weighted by atomic mass is 9.91. The Morgan fingerprint density at radius 1 is 0.676 bits per heavy atom. The minimum absolute atomic E-state index is 0.0159. The van der Waals surface area contributed by atoms with Gasteiger partial charge >= 0.3 is 6.18 Å². The van der Waals surface area contributed by atoms with Crippen LogP contribution in [0.15, 0.2) is 24.3 Å². The average Bonchev–Trinajstić information content (AvgIpc) is 2.81. The molecule has 0 aliphatic rings. The van der Waals surface area contributed by atoms with Crippen molar-refractivity contribution in [1.29, 1.82) is 0 Å². The van der Waals surface area contributed by atoms with Crippen LogP contribution < -0.4 is 34.0 Å². The van der Waals surface area contributed by atoms with Crippen molar-refractivity contribution in [3.63, 3.8) is 0 Å². The van der Waals surface area contributed by atoms with Gasteiger partial charge in [0.1, 0.15) is 0 Å². The van der Waals surface area contributed by atoms with Crippen molar-refractivity contribution in [2.24, 2.45) is 28.7 Å². The molecular weight excluding hydrogens is 441 g/mol. The molecule has 7 unspecified atom stereocenters. The lowest BCUT2D eigenvalue weighted by Gasteiger charge is -2.29. The first-order chi connectivity index (χ1) is 15.9. The van der Waals surface area contributed by atoms with E-state index in [1.165, 1.54) is 0 Å². The molecule has 9 heteroatoms. The van der Waals surface area contributed by atoms with Crippen LogP contribution in [0.3, 0.4) is 0 Å². The molecule has 0 spiro atoms. The van der Waals surface area contributed by atoms with Crippen LogP contribution in [-0.2, 0) is 6.54 Å². The summed E-state index contributed by atoms with van der Waals surface area (Å²) in [5.74, 6) is -1.45. The summed E-state index contributed by atoms with van der Waals surface area (Å²) in [6, 6.07) is 6.07. The van der Waals surface area contributed by atoms with Crippen molar-refractivity contribution in [3.8, 4) is 0 Å². The number of hydrogen-bond donors (Lipinski definition) is 6. The molecule has 0 radical (unpaired) electrons. The Hall–Kier alpha value is -1.23. The van der Waals surface area contributed by atoms with E-state index >= 15 is 0 Å². The third-order valence-corrected chi connectivity index (χ3v) is 6.96. The normalized spacial score (nSPS) is 18.7. The second kappa shape index (κ2) is 15.0. The van der Waals surface area contributed by atoms with Crippen LogP contribution in [0.25, 0.3) is 0 Å². The van der Waals surface area contributed by atoms with E-state index in [4.69, 9.17) is 28.7 Å². The SMILES string of the molecule is CCC(N)C(N)CCC(N)C(CCC(N)C(N)CC)NCc1ccc(C(CC)C(F)(F)F)cc1. The lowest BCUT2D eigenvalue weighted by molar-refractivity contribution is -0.151. The van der Waals surface area contributed by atoms with Gasteiger partial charge in [0.15, 0.2) is 0 Å². The topological polar surface area (TPSA) is 142 Å². The third-order valence-electron chi connectivity index (χ3n) is 6.96. The second-order valence-electron chi connectivity index (χ2n) is 9.52. The summed E-state index contributed by atoms with van der Waals surface area (Å²) in [5, 5.41) is 3.49. The van der Waals surface area contributed by atoms with E-state index in [0.717, 1.165) is 37.7 Å². The maximum absolute atomic E-state index is 13.2. The highest BCUT2D eigenvalue weighted by Crippen LogP contribution is 2.37. The Kier molecular flexibility index (Phi) is 13.6. The number of benzene rings is 1. The van der Waals surface area contributed by atoms with Crippen LogP contribution in [-0.4, -0.2) is 42.4 Å². The molecule has 1 aromatic rings. The molecule has 0 aliphatic heterocycles. The van der Waals surface area contributed by atoms with Gasteiger partial charge in [0, 0.05) is 42.8 Å². The predicted octanol–water partition coefficient (Wildman–Crippen LogP) is 3.22. The first kappa shape index (κ1) is 30.8. The minimum Gasteiger partial charge on any atom is -0.326 e. The van der Waals surface area contributed by atoms with Gasteiger partial charge in [0.25, 0.3) is 0 Å². The standard InChI is InChI=1S/C25H47F3N6/c1-4-18(25(26,27)28)17-9-7-16(8-10-17)15-34-24(14-13-22(32)20(30)6-3)23(33)12-11-21(31)19(29)5-2/h7-10,18-24,34H,4-6,11-15,29-33H2,1-3H3. The molecule has 1 aromatic carbocycles. The van der Waals surface area contributed by atoms with Crippen LogP contribution >= 0.6 is 0 Å². The van der Waals surface area contributed by atoms with Gasteiger partial charge < -0.3 is 34.0 Å². The summed E-state index contributed by atoms with van der Waals surface area (Å²) < 4.78 is 39.7. The number of alkyl halides is 3. The summed E-state index contributed by atoms with van der Waals surface area (Å²) in [6.45, 7) is 6.07. The zero-order chi connectivity index (χ0) is 25.9. The van der Waals surface area contributed by atoms with Crippen molar-refractivity contribution in [3.05, 3.63) is 35.4 Å². The summed E-state index contributed by atoms with van der Waals surface area (Å²) >= 11 is 0. The lowest BCUT2D eigenvalue weighted by Crippen LogP contribution is -2.49. The van der Waals surface area contributed by atoms with Crippen molar-refractivity contribution in [2.75, 3.05) is 0 Å². The first-order valence-electron chi connectivity index (χ1n) is 12.6. The molecule has 0 fully saturated rings. The molecule has 0 heterocycles. The Morgan fingerprint density at radius 2 is 1.15 bits per heavy atom. The highest BCUT2D eigenvalue weighted by Gasteiger charge is 2.39. The predicted molar refractivity (Wildman–Crippen MR) is 135 cm³/mol. The van der Waals surface area contributed by atoms with E-state index in [1.54, 1.807) is 31.2 Å². The molecule has 7 atom stereocenters. The molecule has 198 valence electrons. The van der Waals surface area contributed by atoms with Crippen molar-refractivity contribution < 1.29 is 13.2 Å². The van der Waals surface area contributed by atoms with E-state index in [0.29, 0.717) is 13.0 Å². The summed E-state index contributed by atoms with van der Waals surface area (Å²) in [5.41, 5.74) is 32.3. The molecule has 0 amide bonds. The molecule has 0 aliphatic carbocycles. The fourth-order valence-electron chi connectivity index (χ4n) is 4.23. The van der Waals surface area contributed by atoms with Gasteiger partial charge in [0.05, 0.1) is 5.92 Å². The number of hydrogen-bond acceptors (Lipinski definition) is 6. The molecule has 0 saturated heterocycles. The van der Waals surface area contributed by atoms with Gasteiger partial charge in [-0.05, 0) is 56.1 Å². The largest absolute Gasteiger partial charge is 0.395 e. The molecule has 0 bridgehead atoms. The average molecular weight is 489 g/mol. The van der Waals surface area contributed by atoms with Gasteiger partial charge in [0.2, 0.25) is 0 Å². The van der Waals surface area contributed by atoms with Crippen molar-refractivity contribution >= 4 is 0 Å². The summed E-state index contributed by atoms with van der Waals surface area (Å²) in [4.78, 5) is 0. The Bertz CT molecular complexity index is 670. The highest BCUT2D eigenvalue weighted by molar-refractivity contribution is 5.26. The van der Waals surface area contributed by atoms with E-state index < -0.39 is 12.1 Å². The van der Waals surface area contributed by atoms with Crippen LogP contribution in [0.1, 0.15) is 82.8 Å². The second-order valence-corrected chi connectivity index (χ2v) is 9.52. The number of nitrogens with one attached hydrogen (secondary N) is 1. The number of rotatable bonds is 16. The van der Waals surface area contributed by atoms with Crippen LogP contribution in [0.4, 0.5) is 13.2 Å². The Morgan fingerprint density at radius 3 is 1.59 bits per heavy atom. The van der Waals surface area contributed by atoms with Crippen molar-refractivity contribution in [1.82, 2.24) is 5.32 Å². The maximum atomic E-state index is 13.2. The fourth-order valence-corrected chi connectivity index (χ4v) is 4.23. The van der Waals surface area contributed by atoms with Gasteiger partial charge in [-0.25, -0.2) is 0 Å². The zero-order valence-electron chi connectivity index (χ0n) is 21.0. The molecule has 11 N–H and O–H groups in total. The quantitative estimate of drug-likeness (QED) is 0.211. The van der Waals surface area contributed by atoms with E-state index in [-0.39, 0.29) is 48.2 Å². The fraction of sp³-hybridized carbons (Fsp3) is 0.760. The molecule has 34 heavy (non-hydrogen) atoms.